The number of rotatable bonds is 3. The van der Waals surface area contributed by atoms with Crippen molar-refractivity contribution >= 4 is 34.5 Å². The molecule has 2 rings (SSSR count). The summed E-state index contributed by atoms with van der Waals surface area (Å²) in [7, 11) is 1.24. The summed E-state index contributed by atoms with van der Waals surface area (Å²) in [6.07, 6.45) is 1.13. The maximum atomic E-state index is 13.0. The number of carbonyl (C=O) groups excluding carboxylic acids is 2. The van der Waals surface area contributed by atoms with E-state index in [4.69, 9.17) is 0 Å². The molecular formula is C14H13FN2O3S. The Hall–Kier alpha value is -2.15. The zero-order valence-corrected chi connectivity index (χ0v) is 12.3. The van der Waals surface area contributed by atoms with Crippen molar-refractivity contribution in [1.29, 1.82) is 0 Å². The third kappa shape index (κ3) is 3.30. The molecular weight excluding hydrogens is 295 g/mol. The van der Waals surface area contributed by atoms with Crippen molar-refractivity contribution in [3.05, 3.63) is 41.1 Å². The van der Waals surface area contributed by atoms with Gasteiger partial charge in [0.2, 0.25) is 0 Å². The van der Waals surface area contributed by atoms with Crippen LogP contribution in [0.2, 0.25) is 0 Å². The molecule has 0 unspecified atom stereocenters. The van der Waals surface area contributed by atoms with Gasteiger partial charge >= 0.3 is 5.97 Å². The second-order valence-corrected chi connectivity index (χ2v) is 5.02. The molecule has 1 aromatic rings. The Morgan fingerprint density at radius 2 is 2.10 bits per heavy atom. The third-order valence-electron chi connectivity index (χ3n) is 2.63. The van der Waals surface area contributed by atoms with Gasteiger partial charge in [-0.15, -0.1) is 0 Å². The van der Waals surface area contributed by atoms with Crippen LogP contribution in [-0.2, 0) is 14.3 Å². The number of aliphatic imine (C=N–C) groups is 1. The van der Waals surface area contributed by atoms with Gasteiger partial charge < -0.3 is 4.74 Å². The molecule has 1 aliphatic heterocycles. The van der Waals surface area contributed by atoms with Gasteiger partial charge in [0.05, 0.1) is 17.7 Å². The number of methoxy groups -OCH3 is 1. The van der Waals surface area contributed by atoms with E-state index in [1.807, 2.05) is 6.92 Å². The summed E-state index contributed by atoms with van der Waals surface area (Å²) in [5.41, 5.74) is 0.495. The molecule has 1 heterocycles. The average molecular weight is 308 g/mol. The molecule has 1 amide bonds. The van der Waals surface area contributed by atoms with Gasteiger partial charge in [-0.2, -0.15) is 0 Å². The van der Waals surface area contributed by atoms with Gasteiger partial charge in [0, 0.05) is 12.6 Å². The number of amides is 1. The molecule has 110 valence electrons. The Bertz CT molecular complexity index is 626. The minimum absolute atomic E-state index is 0.221. The average Bonchev–Trinajstić information content (AvgIpc) is 2.77. The second kappa shape index (κ2) is 6.53. The van der Waals surface area contributed by atoms with Crippen LogP contribution in [-0.4, -0.2) is 30.7 Å². The lowest BCUT2D eigenvalue weighted by Crippen LogP contribution is -2.29. The van der Waals surface area contributed by atoms with Crippen molar-refractivity contribution in [2.75, 3.05) is 18.6 Å². The lowest BCUT2D eigenvalue weighted by atomic mass is 10.3. The molecule has 0 aliphatic carbocycles. The number of amidine groups is 1. The molecule has 1 fully saturated rings. The highest BCUT2D eigenvalue weighted by atomic mass is 32.2. The molecule has 5 nitrogen and oxygen atoms in total. The van der Waals surface area contributed by atoms with Crippen LogP contribution < -0.4 is 4.90 Å². The van der Waals surface area contributed by atoms with Crippen LogP contribution in [0.25, 0.3) is 0 Å². The van der Waals surface area contributed by atoms with Gasteiger partial charge in [-0.1, -0.05) is 0 Å². The number of nitrogens with zero attached hydrogens (tertiary/aromatic N) is 2. The highest BCUT2D eigenvalue weighted by molar-refractivity contribution is 8.19. The molecule has 0 radical (unpaired) electrons. The Balaban J connectivity index is 2.40. The Kier molecular flexibility index (Phi) is 4.74. The third-order valence-corrected chi connectivity index (χ3v) is 3.64. The Labute approximate surface area is 125 Å². The Morgan fingerprint density at radius 1 is 1.43 bits per heavy atom. The van der Waals surface area contributed by atoms with Crippen molar-refractivity contribution in [2.24, 2.45) is 4.99 Å². The smallest absolute Gasteiger partial charge is 0.331 e. The Morgan fingerprint density at radius 3 is 2.67 bits per heavy atom. The molecule has 21 heavy (non-hydrogen) atoms. The first-order valence-corrected chi connectivity index (χ1v) is 7.00. The van der Waals surface area contributed by atoms with Crippen molar-refractivity contribution < 1.29 is 18.7 Å². The van der Waals surface area contributed by atoms with Gasteiger partial charge in [-0.05, 0) is 43.0 Å². The van der Waals surface area contributed by atoms with Crippen LogP contribution in [0.5, 0.6) is 0 Å². The molecule has 1 aliphatic rings. The number of ether oxygens (including phenoxy) is 1. The van der Waals surface area contributed by atoms with E-state index in [2.05, 4.69) is 9.73 Å². The summed E-state index contributed by atoms with van der Waals surface area (Å²) in [5.74, 6) is -1.38. The van der Waals surface area contributed by atoms with Crippen molar-refractivity contribution in [1.82, 2.24) is 0 Å². The van der Waals surface area contributed by atoms with Crippen molar-refractivity contribution in [2.45, 2.75) is 6.92 Å². The van der Waals surface area contributed by atoms with E-state index in [1.54, 1.807) is 0 Å². The van der Waals surface area contributed by atoms with Gasteiger partial charge in [0.25, 0.3) is 5.91 Å². The van der Waals surface area contributed by atoms with Crippen LogP contribution in [0.1, 0.15) is 6.92 Å². The molecule has 0 saturated carbocycles. The number of hydrogen-bond donors (Lipinski definition) is 0. The van der Waals surface area contributed by atoms with E-state index in [1.165, 1.54) is 36.3 Å². The zero-order chi connectivity index (χ0) is 15.4. The lowest BCUT2D eigenvalue weighted by molar-refractivity contribution is -0.135. The summed E-state index contributed by atoms with van der Waals surface area (Å²) in [4.78, 5) is 29.5. The minimum atomic E-state index is -0.609. The summed E-state index contributed by atoms with van der Waals surface area (Å²) in [5, 5.41) is 0.448. The summed E-state index contributed by atoms with van der Waals surface area (Å²) >= 11 is 1.09. The SMILES string of the molecule is CCN=C1S/C(=C\C(=O)OC)C(=O)N1c1ccc(F)cc1. The molecule has 1 saturated heterocycles. The molecule has 0 bridgehead atoms. The lowest BCUT2D eigenvalue weighted by Gasteiger charge is -2.15. The quantitative estimate of drug-likeness (QED) is 0.635. The molecule has 7 heteroatoms. The maximum Gasteiger partial charge on any atom is 0.331 e. The maximum absolute atomic E-state index is 13.0. The molecule has 0 atom stereocenters. The van der Waals surface area contributed by atoms with Crippen LogP contribution in [0.4, 0.5) is 10.1 Å². The summed E-state index contributed by atoms with van der Waals surface area (Å²) in [6.45, 7) is 2.32. The molecule has 1 aromatic carbocycles. The number of anilines is 1. The number of hydrogen-bond acceptors (Lipinski definition) is 5. The van der Waals surface area contributed by atoms with E-state index in [-0.39, 0.29) is 10.8 Å². The predicted molar refractivity (Wildman–Crippen MR) is 79.6 cm³/mol. The summed E-state index contributed by atoms with van der Waals surface area (Å²) < 4.78 is 17.5. The van der Waals surface area contributed by atoms with Crippen LogP contribution in [0, 0.1) is 5.82 Å². The zero-order valence-electron chi connectivity index (χ0n) is 11.5. The molecule has 0 aromatic heterocycles. The molecule has 0 spiro atoms. The number of carbonyl (C=O) groups is 2. The van der Waals surface area contributed by atoms with Crippen LogP contribution in [0.3, 0.4) is 0 Å². The first-order chi connectivity index (χ1) is 10.1. The van der Waals surface area contributed by atoms with E-state index < -0.39 is 11.8 Å². The topological polar surface area (TPSA) is 59.0 Å². The number of thioether (sulfide) groups is 1. The monoisotopic (exact) mass is 308 g/mol. The van der Waals surface area contributed by atoms with Gasteiger partial charge in [-0.3, -0.25) is 14.7 Å². The largest absolute Gasteiger partial charge is 0.466 e. The van der Waals surface area contributed by atoms with E-state index >= 15 is 0 Å². The van der Waals surface area contributed by atoms with Gasteiger partial charge in [0.15, 0.2) is 5.17 Å². The number of halogens is 1. The molecule has 0 N–H and O–H groups in total. The van der Waals surface area contributed by atoms with E-state index in [0.717, 1.165) is 17.8 Å². The highest BCUT2D eigenvalue weighted by Crippen LogP contribution is 2.34. The van der Waals surface area contributed by atoms with Gasteiger partial charge in [-0.25, -0.2) is 9.18 Å². The van der Waals surface area contributed by atoms with Crippen LogP contribution in [0.15, 0.2) is 40.2 Å². The fourth-order valence-corrected chi connectivity index (χ4v) is 2.70. The number of esters is 1. The van der Waals surface area contributed by atoms with Crippen molar-refractivity contribution in [3.8, 4) is 0 Å². The normalized spacial score (nSPS) is 18.6. The van der Waals surface area contributed by atoms with E-state index in [9.17, 15) is 14.0 Å². The van der Waals surface area contributed by atoms with E-state index in [0.29, 0.717) is 17.4 Å². The fraction of sp³-hybridized carbons (Fsp3) is 0.214. The number of benzene rings is 1. The fourth-order valence-electron chi connectivity index (χ4n) is 1.70. The first-order valence-electron chi connectivity index (χ1n) is 6.18. The van der Waals surface area contributed by atoms with Gasteiger partial charge in [0.1, 0.15) is 5.82 Å². The first kappa shape index (κ1) is 15.2. The minimum Gasteiger partial charge on any atom is -0.466 e. The van der Waals surface area contributed by atoms with Crippen LogP contribution >= 0.6 is 11.8 Å². The standard InChI is InChI=1S/C14H13FN2O3S/c1-3-16-14-17(10-6-4-9(15)5-7-10)13(19)11(21-14)8-12(18)20-2/h4-8H,3H2,1-2H3/b11-8-,16-14?. The highest BCUT2D eigenvalue weighted by Gasteiger charge is 2.35. The van der Waals surface area contributed by atoms with Crippen molar-refractivity contribution in [3.63, 3.8) is 0 Å². The summed E-state index contributed by atoms with van der Waals surface area (Å²) in [6, 6.07) is 5.50. The predicted octanol–water partition coefficient (Wildman–Crippen LogP) is 2.34. The second-order valence-electron chi connectivity index (χ2n) is 4.01.